The highest BCUT2D eigenvalue weighted by molar-refractivity contribution is 6.30. The first-order chi connectivity index (χ1) is 10.3. The molecule has 0 spiro atoms. The van der Waals surface area contributed by atoms with E-state index in [9.17, 15) is 18.3 Å². The van der Waals surface area contributed by atoms with Crippen LogP contribution in [0.2, 0.25) is 5.02 Å². The number of benzene rings is 1. The van der Waals surface area contributed by atoms with Crippen LogP contribution in [0.4, 0.5) is 13.2 Å². The van der Waals surface area contributed by atoms with Crippen molar-refractivity contribution < 1.29 is 18.3 Å². The highest BCUT2D eigenvalue weighted by atomic mass is 35.5. The zero-order valence-electron chi connectivity index (χ0n) is 13.2. The minimum atomic E-state index is -4.21. The fourth-order valence-electron chi connectivity index (χ4n) is 2.84. The molecule has 0 bridgehead atoms. The summed E-state index contributed by atoms with van der Waals surface area (Å²) in [7, 11) is 0. The van der Waals surface area contributed by atoms with Gasteiger partial charge in [-0.1, -0.05) is 11.6 Å². The number of piperazine rings is 1. The first-order valence-electron chi connectivity index (χ1n) is 7.28. The van der Waals surface area contributed by atoms with E-state index in [1.807, 2.05) is 4.90 Å². The summed E-state index contributed by atoms with van der Waals surface area (Å²) < 4.78 is 37.9. The van der Waals surface area contributed by atoms with Crippen LogP contribution in [0, 0.1) is 6.92 Å². The molecule has 0 saturated carbocycles. The Kier molecular flexibility index (Phi) is 9.76. The van der Waals surface area contributed by atoms with Crippen molar-refractivity contribution in [3.05, 3.63) is 28.3 Å². The number of nitrogens with zero attached hydrogens (tertiary/aromatic N) is 1. The average Bonchev–Trinajstić information content (AvgIpc) is 2.44. The maximum Gasteiger partial charge on any atom is 0.389 e. The number of rotatable bonds is 4. The van der Waals surface area contributed by atoms with Crippen molar-refractivity contribution in [1.29, 1.82) is 0 Å². The summed E-state index contributed by atoms with van der Waals surface area (Å²) in [5, 5.41) is 13.9. The van der Waals surface area contributed by atoms with E-state index < -0.39 is 18.6 Å². The second-order valence-corrected chi connectivity index (χ2v) is 6.05. The molecular formula is C15H22Cl3F3N2O. The third kappa shape index (κ3) is 6.48. The Bertz CT molecular complexity index is 523. The molecule has 0 unspecified atom stereocenters. The summed E-state index contributed by atoms with van der Waals surface area (Å²) in [5.74, 6) is 0.0371. The van der Waals surface area contributed by atoms with E-state index in [0.29, 0.717) is 29.2 Å². The number of phenols is 1. The molecule has 0 aliphatic carbocycles. The van der Waals surface area contributed by atoms with Crippen molar-refractivity contribution >= 4 is 36.4 Å². The van der Waals surface area contributed by atoms with Gasteiger partial charge in [0.1, 0.15) is 5.75 Å². The highest BCUT2D eigenvalue weighted by Gasteiger charge is 2.32. The molecule has 0 amide bonds. The lowest BCUT2D eigenvalue weighted by Gasteiger charge is -2.36. The van der Waals surface area contributed by atoms with Crippen LogP contribution in [-0.2, 0) is 0 Å². The topological polar surface area (TPSA) is 35.5 Å². The van der Waals surface area contributed by atoms with Gasteiger partial charge in [-0.2, -0.15) is 13.2 Å². The number of alkyl halides is 3. The van der Waals surface area contributed by atoms with Gasteiger partial charge < -0.3 is 10.4 Å². The Morgan fingerprint density at radius 3 is 2.38 bits per heavy atom. The molecule has 9 heteroatoms. The molecule has 0 aromatic heterocycles. The number of hydrogen-bond acceptors (Lipinski definition) is 3. The molecule has 140 valence electrons. The van der Waals surface area contributed by atoms with Gasteiger partial charge in [0.05, 0.1) is 0 Å². The van der Waals surface area contributed by atoms with Gasteiger partial charge >= 0.3 is 6.18 Å². The Hall–Kier alpha value is -0.400. The lowest BCUT2D eigenvalue weighted by atomic mass is 9.96. The quantitative estimate of drug-likeness (QED) is 0.769. The van der Waals surface area contributed by atoms with Gasteiger partial charge in [0.2, 0.25) is 0 Å². The molecular weight excluding hydrogens is 388 g/mol. The minimum Gasteiger partial charge on any atom is -0.507 e. The van der Waals surface area contributed by atoms with Crippen LogP contribution >= 0.6 is 36.4 Å². The normalized spacial score (nSPS) is 16.9. The molecule has 3 nitrogen and oxygen atoms in total. The number of aryl methyl sites for hydroxylation is 1. The van der Waals surface area contributed by atoms with Gasteiger partial charge in [-0.15, -0.1) is 24.8 Å². The van der Waals surface area contributed by atoms with E-state index in [2.05, 4.69) is 5.32 Å². The van der Waals surface area contributed by atoms with Crippen LogP contribution in [0.15, 0.2) is 12.1 Å². The Labute approximate surface area is 157 Å². The van der Waals surface area contributed by atoms with E-state index in [1.165, 1.54) is 0 Å². The van der Waals surface area contributed by atoms with E-state index in [1.54, 1.807) is 19.1 Å². The summed E-state index contributed by atoms with van der Waals surface area (Å²) >= 11 is 6.03. The van der Waals surface area contributed by atoms with E-state index in [0.717, 1.165) is 13.1 Å². The molecule has 1 aliphatic rings. The van der Waals surface area contributed by atoms with E-state index in [-0.39, 0.29) is 37.0 Å². The maximum atomic E-state index is 12.6. The summed E-state index contributed by atoms with van der Waals surface area (Å²) in [6.45, 7) is 4.44. The van der Waals surface area contributed by atoms with Crippen molar-refractivity contribution in [2.24, 2.45) is 0 Å². The second-order valence-electron chi connectivity index (χ2n) is 5.62. The zero-order chi connectivity index (χ0) is 16.3. The van der Waals surface area contributed by atoms with E-state index in [4.69, 9.17) is 11.6 Å². The fourth-order valence-corrected chi connectivity index (χ4v) is 3.13. The maximum absolute atomic E-state index is 12.6. The molecule has 0 radical (unpaired) electrons. The average molecular weight is 410 g/mol. The number of phenolic OH excluding ortho intramolecular Hbond substituents is 1. The fraction of sp³-hybridized carbons (Fsp3) is 0.600. The summed E-state index contributed by atoms with van der Waals surface area (Å²) in [6, 6.07) is 2.70. The van der Waals surface area contributed by atoms with Crippen LogP contribution < -0.4 is 5.32 Å². The monoisotopic (exact) mass is 408 g/mol. The standard InChI is InChI=1S/C15H20ClF3N2O.2ClH/c1-10-8-11(16)9-12(14(10)22)13(2-3-15(17,18)19)21-6-4-20-5-7-21;;/h8-9,13,20,22H,2-7H2,1H3;2*1H/t13-;;/m1../s1. The summed E-state index contributed by atoms with van der Waals surface area (Å²) in [4.78, 5) is 1.98. The molecule has 1 fully saturated rings. The molecule has 2 N–H and O–H groups in total. The van der Waals surface area contributed by atoms with Gasteiger partial charge in [0, 0.05) is 49.2 Å². The van der Waals surface area contributed by atoms with Crippen LogP contribution in [0.5, 0.6) is 5.75 Å². The number of hydrogen-bond donors (Lipinski definition) is 2. The second kappa shape index (κ2) is 9.92. The van der Waals surface area contributed by atoms with Crippen molar-refractivity contribution in [3.63, 3.8) is 0 Å². The first kappa shape index (κ1) is 23.6. The third-order valence-electron chi connectivity index (χ3n) is 3.95. The predicted octanol–water partition coefficient (Wildman–Crippen LogP) is 4.49. The Morgan fingerprint density at radius 1 is 1.25 bits per heavy atom. The molecule has 1 atom stereocenters. The zero-order valence-corrected chi connectivity index (χ0v) is 15.6. The SMILES string of the molecule is Cc1cc(Cl)cc([C@@H](CCC(F)(F)F)N2CCNCC2)c1O.Cl.Cl. The molecule has 1 aliphatic heterocycles. The van der Waals surface area contributed by atoms with Gasteiger partial charge in [-0.25, -0.2) is 0 Å². The van der Waals surface area contributed by atoms with Crippen LogP contribution in [0.3, 0.4) is 0 Å². The van der Waals surface area contributed by atoms with Crippen molar-refractivity contribution in [1.82, 2.24) is 10.2 Å². The van der Waals surface area contributed by atoms with Gasteiger partial charge in [0.15, 0.2) is 0 Å². The molecule has 2 rings (SSSR count). The van der Waals surface area contributed by atoms with Crippen molar-refractivity contribution in [3.8, 4) is 5.75 Å². The lowest BCUT2D eigenvalue weighted by molar-refractivity contribution is -0.138. The van der Waals surface area contributed by atoms with Crippen molar-refractivity contribution in [2.75, 3.05) is 26.2 Å². The van der Waals surface area contributed by atoms with E-state index >= 15 is 0 Å². The van der Waals surface area contributed by atoms with Gasteiger partial charge in [0.25, 0.3) is 0 Å². The highest BCUT2D eigenvalue weighted by Crippen LogP contribution is 2.38. The molecule has 1 aromatic rings. The van der Waals surface area contributed by atoms with Crippen LogP contribution in [0.1, 0.15) is 30.0 Å². The van der Waals surface area contributed by atoms with Crippen molar-refractivity contribution in [2.45, 2.75) is 32.0 Å². The van der Waals surface area contributed by atoms with Gasteiger partial charge in [-0.3, -0.25) is 4.90 Å². The first-order valence-corrected chi connectivity index (χ1v) is 7.66. The summed E-state index contributed by atoms with van der Waals surface area (Å²) in [5.41, 5.74) is 1.06. The Morgan fingerprint density at radius 2 is 1.83 bits per heavy atom. The largest absolute Gasteiger partial charge is 0.507 e. The molecule has 24 heavy (non-hydrogen) atoms. The number of halogens is 6. The molecule has 1 aromatic carbocycles. The van der Waals surface area contributed by atoms with Crippen LogP contribution in [-0.4, -0.2) is 42.4 Å². The number of nitrogens with one attached hydrogen (secondary N) is 1. The molecule has 1 saturated heterocycles. The predicted molar refractivity (Wildman–Crippen MR) is 94.8 cm³/mol. The third-order valence-corrected chi connectivity index (χ3v) is 4.17. The summed E-state index contributed by atoms with van der Waals surface area (Å²) in [6.07, 6.45) is -5.18. The van der Waals surface area contributed by atoms with Crippen LogP contribution in [0.25, 0.3) is 0 Å². The molecule has 1 heterocycles. The van der Waals surface area contributed by atoms with Gasteiger partial charge in [-0.05, 0) is 31.0 Å². The smallest absolute Gasteiger partial charge is 0.389 e. The minimum absolute atomic E-state index is 0. The number of aromatic hydroxyl groups is 1. The lowest BCUT2D eigenvalue weighted by Crippen LogP contribution is -2.45. The Balaban J connectivity index is 0.00000264.